The van der Waals surface area contributed by atoms with Crippen LogP contribution >= 0.6 is 0 Å². The molecule has 0 aromatic rings. The molecule has 0 aromatic heterocycles. The third-order valence-electron chi connectivity index (χ3n) is 3.73. The van der Waals surface area contributed by atoms with Gasteiger partial charge in [0.15, 0.2) is 0 Å². The van der Waals surface area contributed by atoms with Gasteiger partial charge in [-0.1, -0.05) is 34.1 Å². The van der Waals surface area contributed by atoms with Crippen molar-refractivity contribution >= 4 is 0 Å². The molecule has 0 saturated carbocycles. The minimum absolute atomic E-state index is 0.424. The lowest BCUT2D eigenvalue weighted by Crippen LogP contribution is -2.43. The van der Waals surface area contributed by atoms with Crippen LogP contribution < -0.4 is 10.6 Å². The molecular weight excluding hydrogens is 184 g/mol. The molecule has 2 N–H and O–H groups in total. The quantitative estimate of drug-likeness (QED) is 0.748. The molecule has 1 rings (SSSR count). The van der Waals surface area contributed by atoms with Crippen LogP contribution in [0.5, 0.6) is 0 Å². The summed E-state index contributed by atoms with van der Waals surface area (Å²) < 4.78 is 0. The van der Waals surface area contributed by atoms with Crippen LogP contribution in [-0.4, -0.2) is 25.7 Å². The highest BCUT2D eigenvalue weighted by atomic mass is 15.0. The van der Waals surface area contributed by atoms with E-state index in [0.29, 0.717) is 11.5 Å². The van der Waals surface area contributed by atoms with Crippen molar-refractivity contribution in [2.24, 2.45) is 11.3 Å². The molecule has 0 bridgehead atoms. The van der Waals surface area contributed by atoms with Gasteiger partial charge >= 0.3 is 0 Å². The molecule has 0 aromatic carbocycles. The molecule has 1 aliphatic rings. The van der Waals surface area contributed by atoms with Crippen molar-refractivity contribution in [3.05, 3.63) is 0 Å². The van der Waals surface area contributed by atoms with E-state index in [-0.39, 0.29) is 0 Å². The van der Waals surface area contributed by atoms with Gasteiger partial charge in [-0.05, 0) is 37.3 Å². The van der Waals surface area contributed by atoms with Gasteiger partial charge in [0.1, 0.15) is 0 Å². The second-order valence-corrected chi connectivity index (χ2v) is 6.07. The maximum Gasteiger partial charge on any atom is 0.0192 e. The number of rotatable bonds is 4. The summed E-state index contributed by atoms with van der Waals surface area (Å²) in [5.74, 6) is 0.737. The predicted octanol–water partition coefficient (Wildman–Crippen LogP) is 2.40. The molecule has 0 amide bonds. The highest BCUT2D eigenvalue weighted by Crippen LogP contribution is 2.24. The standard InChI is InChI=1S/C13H28N2/c1-11(13(2,3)4)9-14-10-12-7-5-6-8-15-12/h11-12,14-15H,5-10H2,1-4H3. The summed E-state index contributed by atoms with van der Waals surface area (Å²) in [5.41, 5.74) is 0.424. The van der Waals surface area contributed by atoms with Crippen molar-refractivity contribution in [1.29, 1.82) is 0 Å². The first-order valence-electron chi connectivity index (χ1n) is 6.44. The molecule has 2 unspecified atom stereocenters. The Balaban J connectivity index is 2.10. The number of hydrogen-bond donors (Lipinski definition) is 2. The van der Waals surface area contributed by atoms with Crippen LogP contribution in [0.4, 0.5) is 0 Å². The van der Waals surface area contributed by atoms with Crippen LogP contribution in [0.1, 0.15) is 47.0 Å². The van der Waals surface area contributed by atoms with Crippen molar-refractivity contribution in [1.82, 2.24) is 10.6 Å². The maximum atomic E-state index is 3.60. The fourth-order valence-electron chi connectivity index (χ4n) is 1.88. The summed E-state index contributed by atoms with van der Waals surface area (Å²) in [7, 11) is 0. The van der Waals surface area contributed by atoms with Gasteiger partial charge in [-0.25, -0.2) is 0 Å². The van der Waals surface area contributed by atoms with Gasteiger partial charge in [0.25, 0.3) is 0 Å². The van der Waals surface area contributed by atoms with E-state index in [0.717, 1.165) is 19.0 Å². The summed E-state index contributed by atoms with van der Waals surface area (Å²) in [6.45, 7) is 12.8. The third kappa shape index (κ3) is 4.98. The van der Waals surface area contributed by atoms with Crippen LogP contribution in [0.25, 0.3) is 0 Å². The normalized spacial score (nSPS) is 25.2. The fraction of sp³-hybridized carbons (Fsp3) is 1.00. The Morgan fingerprint density at radius 1 is 1.33 bits per heavy atom. The lowest BCUT2D eigenvalue weighted by Gasteiger charge is -2.29. The van der Waals surface area contributed by atoms with E-state index in [1.54, 1.807) is 0 Å². The number of nitrogens with one attached hydrogen (secondary N) is 2. The minimum atomic E-state index is 0.424. The lowest BCUT2D eigenvalue weighted by atomic mass is 9.82. The van der Waals surface area contributed by atoms with E-state index in [4.69, 9.17) is 0 Å². The van der Waals surface area contributed by atoms with E-state index in [1.807, 2.05) is 0 Å². The van der Waals surface area contributed by atoms with Gasteiger partial charge < -0.3 is 10.6 Å². The molecule has 1 saturated heterocycles. The van der Waals surface area contributed by atoms with Gasteiger partial charge in [-0.3, -0.25) is 0 Å². The van der Waals surface area contributed by atoms with Gasteiger partial charge in [0.2, 0.25) is 0 Å². The SMILES string of the molecule is CC(CNCC1CCCCN1)C(C)(C)C. The van der Waals surface area contributed by atoms with Crippen molar-refractivity contribution < 1.29 is 0 Å². The number of piperidine rings is 1. The first kappa shape index (κ1) is 13.0. The first-order valence-corrected chi connectivity index (χ1v) is 6.44. The molecule has 2 heteroatoms. The first-order chi connectivity index (χ1) is 7.00. The predicted molar refractivity (Wildman–Crippen MR) is 67.1 cm³/mol. The summed E-state index contributed by atoms with van der Waals surface area (Å²) in [6.07, 6.45) is 4.10. The Labute approximate surface area is 95.2 Å². The molecule has 15 heavy (non-hydrogen) atoms. The molecular formula is C13H28N2. The Kier molecular flexibility index (Phi) is 5.07. The van der Waals surface area contributed by atoms with Crippen LogP contribution in [0.2, 0.25) is 0 Å². The summed E-state index contributed by atoms with van der Waals surface area (Å²) >= 11 is 0. The second kappa shape index (κ2) is 5.86. The minimum Gasteiger partial charge on any atom is -0.315 e. The molecule has 2 atom stereocenters. The monoisotopic (exact) mass is 212 g/mol. The van der Waals surface area contributed by atoms with E-state index < -0.39 is 0 Å². The summed E-state index contributed by atoms with van der Waals surface area (Å²) in [6, 6.07) is 0.714. The molecule has 90 valence electrons. The zero-order valence-corrected chi connectivity index (χ0v) is 10.9. The van der Waals surface area contributed by atoms with E-state index in [2.05, 4.69) is 38.3 Å². The van der Waals surface area contributed by atoms with Gasteiger partial charge in [-0.15, -0.1) is 0 Å². The Morgan fingerprint density at radius 3 is 2.60 bits per heavy atom. The third-order valence-corrected chi connectivity index (χ3v) is 3.73. The smallest absolute Gasteiger partial charge is 0.0192 e. The highest BCUT2D eigenvalue weighted by molar-refractivity contribution is 4.77. The topological polar surface area (TPSA) is 24.1 Å². The molecule has 1 aliphatic heterocycles. The Hall–Kier alpha value is -0.0800. The maximum absolute atomic E-state index is 3.60. The van der Waals surface area contributed by atoms with E-state index >= 15 is 0 Å². The van der Waals surface area contributed by atoms with Crippen LogP contribution in [0.15, 0.2) is 0 Å². The van der Waals surface area contributed by atoms with Crippen LogP contribution in [-0.2, 0) is 0 Å². The average Bonchev–Trinajstić information content (AvgIpc) is 2.18. The molecule has 2 nitrogen and oxygen atoms in total. The van der Waals surface area contributed by atoms with Crippen LogP contribution in [0.3, 0.4) is 0 Å². The molecule has 0 radical (unpaired) electrons. The van der Waals surface area contributed by atoms with Gasteiger partial charge in [-0.2, -0.15) is 0 Å². The molecule has 0 spiro atoms. The summed E-state index contributed by atoms with van der Waals surface area (Å²) in [4.78, 5) is 0. The summed E-state index contributed by atoms with van der Waals surface area (Å²) in [5, 5.41) is 7.17. The molecule has 1 heterocycles. The molecule has 1 fully saturated rings. The van der Waals surface area contributed by atoms with Crippen molar-refractivity contribution in [2.75, 3.05) is 19.6 Å². The highest BCUT2D eigenvalue weighted by Gasteiger charge is 2.20. The van der Waals surface area contributed by atoms with Crippen molar-refractivity contribution in [3.63, 3.8) is 0 Å². The Bertz CT molecular complexity index is 166. The second-order valence-electron chi connectivity index (χ2n) is 6.07. The zero-order valence-electron chi connectivity index (χ0n) is 10.9. The van der Waals surface area contributed by atoms with Crippen molar-refractivity contribution in [2.45, 2.75) is 53.0 Å². The van der Waals surface area contributed by atoms with Gasteiger partial charge in [0, 0.05) is 12.6 Å². The zero-order chi connectivity index (χ0) is 11.3. The lowest BCUT2D eigenvalue weighted by molar-refractivity contribution is 0.247. The van der Waals surface area contributed by atoms with E-state index in [1.165, 1.54) is 25.8 Å². The largest absolute Gasteiger partial charge is 0.315 e. The van der Waals surface area contributed by atoms with E-state index in [9.17, 15) is 0 Å². The molecule has 0 aliphatic carbocycles. The Morgan fingerprint density at radius 2 is 2.07 bits per heavy atom. The average molecular weight is 212 g/mol. The fourth-order valence-corrected chi connectivity index (χ4v) is 1.88. The van der Waals surface area contributed by atoms with Crippen LogP contribution in [0, 0.1) is 11.3 Å². The number of hydrogen-bond acceptors (Lipinski definition) is 2. The van der Waals surface area contributed by atoms with Gasteiger partial charge in [0.05, 0.1) is 0 Å². The van der Waals surface area contributed by atoms with Crippen molar-refractivity contribution in [3.8, 4) is 0 Å².